The number of hydrogen-bond acceptors (Lipinski definition) is 2. The van der Waals surface area contributed by atoms with E-state index in [2.05, 4.69) is 0 Å². The lowest BCUT2D eigenvalue weighted by atomic mass is 10.0. The second-order valence-electron chi connectivity index (χ2n) is 3.10. The van der Waals surface area contributed by atoms with E-state index in [0.29, 0.717) is 0 Å². The van der Waals surface area contributed by atoms with Crippen LogP contribution >= 0.6 is 0 Å². The van der Waals surface area contributed by atoms with Gasteiger partial charge >= 0.3 is 5.97 Å². The molecule has 3 N–H and O–H groups in total. The first-order chi connectivity index (χ1) is 7.34. The number of carboxylic acid groups (broad SMARTS) is 1. The van der Waals surface area contributed by atoms with Crippen LogP contribution in [0.25, 0.3) is 0 Å². The Morgan fingerprint density at radius 3 is 2.06 bits per heavy atom. The fourth-order valence-electron chi connectivity index (χ4n) is 1.11. The fraction of sp³-hybridized carbons (Fsp3) is 0.222. The zero-order valence-electron chi connectivity index (χ0n) is 7.81. The minimum Gasteiger partial charge on any atom is -0.480 e. The highest BCUT2D eigenvalue weighted by Crippen LogP contribution is 2.20. The standard InChI is InChI=1S/C9H7F4NO2/c10-4-2-5(11)8(13)3(7(4)12)1-6(14)9(15)16/h2,6H,1,14H2,(H,15,16)/t6-/m0/s1. The predicted molar refractivity (Wildman–Crippen MR) is 45.6 cm³/mol. The van der Waals surface area contributed by atoms with Gasteiger partial charge in [0.25, 0.3) is 0 Å². The molecule has 0 aliphatic heterocycles. The maximum atomic E-state index is 13.0. The summed E-state index contributed by atoms with van der Waals surface area (Å²) in [5, 5.41) is 8.41. The molecule has 7 heteroatoms. The Bertz CT molecular complexity index is 410. The van der Waals surface area contributed by atoms with E-state index in [9.17, 15) is 22.4 Å². The molecule has 16 heavy (non-hydrogen) atoms. The number of rotatable bonds is 3. The first kappa shape index (κ1) is 12.4. The number of carboxylic acids is 1. The molecule has 0 spiro atoms. The molecule has 0 unspecified atom stereocenters. The monoisotopic (exact) mass is 237 g/mol. The topological polar surface area (TPSA) is 63.3 Å². The van der Waals surface area contributed by atoms with Gasteiger partial charge in [-0.3, -0.25) is 4.79 Å². The number of halogens is 4. The molecule has 1 atom stereocenters. The molecule has 1 aromatic carbocycles. The molecule has 0 fully saturated rings. The molecule has 88 valence electrons. The van der Waals surface area contributed by atoms with Crippen molar-refractivity contribution in [1.29, 1.82) is 0 Å². The van der Waals surface area contributed by atoms with Gasteiger partial charge in [-0.2, -0.15) is 0 Å². The van der Waals surface area contributed by atoms with Crippen molar-refractivity contribution in [3.8, 4) is 0 Å². The molecular formula is C9H7F4NO2. The summed E-state index contributed by atoms with van der Waals surface area (Å²) in [5.41, 5.74) is 4.00. The summed E-state index contributed by atoms with van der Waals surface area (Å²) in [7, 11) is 0. The Balaban J connectivity index is 3.17. The number of benzene rings is 1. The van der Waals surface area contributed by atoms with Crippen LogP contribution in [0.5, 0.6) is 0 Å². The minimum atomic E-state index is -1.63. The molecule has 0 amide bonds. The van der Waals surface area contributed by atoms with E-state index in [1.807, 2.05) is 0 Å². The quantitative estimate of drug-likeness (QED) is 0.613. The van der Waals surface area contributed by atoms with Gasteiger partial charge < -0.3 is 10.8 Å². The number of hydrogen-bond donors (Lipinski definition) is 2. The van der Waals surface area contributed by atoms with E-state index < -0.39 is 47.3 Å². The van der Waals surface area contributed by atoms with Gasteiger partial charge in [0.1, 0.15) is 6.04 Å². The Morgan fingerprint density at radius 1 is 1.25 bits per heavy atom. The largest absolute Gasteiger partial charge is 0.480 e. The first-order valence-electron chi connectivity index (χ1n) is 4.14. The van der Waals surface area contributed by atoms with Crippen molar-refractivity contribution in [1.82, 2.24) is 0 Å². The number of nitrogens with two attached hydrogens (primary N) is 1. The normalized spacial score (nSPS) is 12.6. The molecule has 1 aromatic rings. The summed E-state index contributed by atoms with van der Waals surface area (Å²) in [6.45, 7) is 0. The van der Waals surface area contributed by atoms with Crippen molar-refractivity contribution >= 4 is 5.97 Å². The van der Waals surface area contributed by atoms with Crippen LogP contribution < -0.4 is 5.73 Å². The average molecular weight is 237 g/mol. The molecule has 0 aliphatic rings. The van der Waals surface area contributed by atoms with E-state index in [1.165, 1.54) is 0 Å². The number of aliphatic carboxylic acids is 1. The predicted octanol–water partition coefficient (Wildman–Crippen LogP) is 1.20. The second kappa shape index (κ2) is 4.48. The van der Waals surface area contributed by atoms with Gasteiger partial charge in [0, 0.05) is 18.1 Å². The van der Waals surface area contributed by atoms with E-state index >= 15 is 0 Å². The molecule has 0 saturated heterocycles. The SMILES string of the molecule is N[C@@H](Cc1c(F)c(F)cc(F)c1F)C(=O)O. The van der Waals surface area contributed by atoms with Gasteiger partial charge in [0.15, 0.2) is 23.3 Å². The van der Waals surface area contributed by atoms with Crippen LogP contribution in [-0.2, 0) is 11.2 Å². The van der Waals surface area contributed by atoms with Crippen LogP contribution in [0, 0.1) is 23.3 Å². The second-order valence-corrected chi connectivity index (χ2v) is 3.10. The summed E-state index contributed by atoms with van der Waals surface area (Å²) in [5.74, 6) is -7.97. The highest BCUT2D eigenvalue weighted by Gasteiger charge is 2.23. The maximum absolute atomic E-state index is 13.0. The Labute approximate surface area is 87.5 Å². The van der Waals surface area contributed by atoms with Crippen LogP contribution in [0.3, 0.4) is 0 Å². The molecule has 0 bridgehead atoms. The third-order valence-electron chi connectivity index (χ3n) is 1.94. The molecule has 0 aliphatic carbocycles. The van der Waals surface area contributed by atoms with E-state index in [4.69, 9.17) is 10.8 Å². The van der Waals surface area contributed by atoms with Crippen LogP contribution in [0.2, 0.25) is 0 Å². The summed E-state index contributed by atoms with van der Waals surface area (Å²) < 4.78 is 51.5. The van der Waals surface area contributed by atoms with Crippen LogP contribution in [0.4, 0.5) is 17.6 Å². The van der Waals surface area contributed by atoms with Crippen LogP contribution in [0.15, 0.2) is 6.07 Å². The van der Waals surface area contributed by atoms with Gasteiger partial charge in [0.05, 0.1) is 0 Å². The maximum Gasteiger partial charge on any atom is 0.320 e. The van der Waals surface area contributed by atoms with Crippen molar-refractivity contribution in [2.45, 2.75) is 12.5 Å². The Kier molecular flexibility index (Phi) is 3.48. The van der Waals surface area contributed by atoms with E-state index in [-0.39, 0.29) is 6.07 Å². The molecule has 1 rings (SSSR count). The van der Waals surface area contributed by atoms with Gasteiger partial charge in [0.2, 0.25) is 0 Å². The molecular weight excluding hydrogens is 230 g/mol. The van der Waals surface area contributed by atoms with E-state index in [1.54, 1.807) is 0 Å². The summed E-state index contributed by atoms with van der Waals surface area (Å²) in [6, 6.07) is -1.59. The van der Waals surface area contributed by atoms with Crippen LogP contribution in [-0.4, -0.2) is 17.1 Å². The number of carbonyl (C=O) groups is 1. The third kappa shape index (κ3) is 2.30. The van der Waals surface area contributed by atoms with Gasteiger partial charge in [-0.15, -0.1) is 0 Å². The van der Waals surface area contributed by atoms with Crippen molar-refractivity contribution in [3.05, 3.63) is 34.9 Å². The highest BCUT2D eigenvalue weighted by atomic mass is 19.2. The van der Waals surface area contributed by atoms with Gasteiger partial charge in [-0.1, -0.05) is 0 Å². The fourth-order valence-corrected chi connectivity index (χ4v) is 1.11. The smallest absolute Gasteiger partial charge is 0.320 e. The minimum absolute atomic E-state index is 0.0421. The summed E-state index contributed by atoms with van der Waals surface area (Å²) in [6.07, 6.45) is -0.832. The molecule has 0 radical (unpaired) electrons. The Morgan fingerprint density at radius 2 is 1.69 bits per heavy atom. The lowest BCUT2D eigenvalue weighted by molar-refractivity contribution is -0.138. The van der Waals surface area contributed by atoms with Crippen LogP contribution in [0.1, 0.15) is 5.56 Å². The first-order valence-corrected chi connectivity index (χ1v) is 4.14. The molecule has 3 nitrogen and oxygen atoms in total. The van der Waals surface area contributed by atoms with Crippen molar-refractivity contribution in [2.24, 2.45) is 5.73 Å². The van der Waals surface area contributed by atoms with Crippen molar-refractivity contribution in [2.75, 3.05) is 0 Å². The molecule has 0 saturated carbocycles. The van der Waals surface area contributed by atoms with Crippen molar-refractivity contribution < 1.29 is 27.5 Å². The summed E-state index contributed by atoms with van der Waals surface area (Å²) in [4.78, 5) is 10.3. The highest BCUT2D eigenvalue weighted by molar-refractivity contribution is 5.73. The third-order valence-corrected chi connectivity index (χ3v) is 1.94. The zero-order valence-corrected chi connectivity index (χ0v) is 7.81. The van der Waals surface area contributed by atoms with Gasteiger partial charge in [-0.05, 0) is 0 Å². The van der Waals surface area contributed by atoms with Crippen molar-refractivity contribution in [3.63, 3.8) is 0 Å². The van der Waals surface area contributed by atoms with E-state index in [0.717, 1.165) is 0 Å². The molecule has 0 aromatic heterocycles. The van der Waals surface area contributed by atoms with Gasteiger partial charge in [-0.25, -0.2) is 17.6 Å². The zero-order chi connectivity index (χ0) is 12.5. The summed E-state index contributed by atoms with van der Waals surface area (Å²) >= 11 is 0. The lowest BCUT2D eigenvalue weighted by Crippen LogP contribution is -2.33. The molecule has 0 heterocycles. The Hall–Kier alpha value is -1.63. The average Bonchev–Trinajstić information content (AvgIpc) is 2.21. The lowest BCUT2D eigenvalue weighted by Gasteiger charge is -2.09.